The quantitative estimate of drug-likeness (QED) is 0.479. The van der Waals surface area contributed by atoms with E-state index in [9.17, 15) is 17.5 Å². The van der Waals surface area contributed by atoms with Crippen molar-refractivity contribution in [2.24, 2.45) is 0 Å². The third-order valence-electron chi connectivity index (χ3n) is 0.559. The summed E-state index contributed by atoms with van der Waals surface area (Å²) in [7, 11) is 0.739. The van der Waals surface area contributed by atoms with Crippen LogP contribution in [-0.4, -0.2) is 19.2 Å². The van der Waals surface area contributed by atoms with Gasteiger partial charge in [0, 0.05) is 0 Å². The van der Waals surface area contributed by atoms with Crippen LogP contribution in [0.1, 0.15) is 0 Å². The molecule has 60 valence electrons. The fourth-order valence-electron chi connectivity index (χ4n) is 0.192. The van der Waals surface area contributed by atoms with Crippen molar-refractivity contribution >= 4 is 18.4 Å². The van der Waals surface area contributed by atoms with E-state index in [2.05, 4.69) is 8.92 Å². The summed E-state index contributed by atoms with van der Waals surface area (Å²) in [5.74, 6) is -1.93. The van der Waals surface area contributed by atoms with E-state index < -0.39 is 24.5 Å². The van der Waals surface area contributed by atoms with Gasteiger partial charge in [-0.1, -0.05) is 0 Å². The topological polar surface area (TPSA) is 35.5 Å². The van der Waals surface area contributed by atoms with Crippen LogP contribution >= 0.6 is 12.4 Å². The van der Waals surface area contributed by atoms with Crippen molar-refractivity contribution in [3.63, 3.8) is 0 Å². The molecule has 0 rings (SSSR count). The summed E-state index contributed by atoms with van der Waals surface area (Å²) in [4.78, 5) is 9.95. The van der Waals surface area contributed by atoms with Gasteiger partial charge in [0.25, 0.3) is 0 Å². The second-order valence-electron chi connectivity index (χ2n) is 1.15. The molecule has 0 saturated heterocycles. The third-order valence-corrected chi connectivity index (χ3v) is 0.832. The summed E-state index contributed by atoms with van der Waals surface area (Å²) in [6, 6.07) is 0. The summed E-state index contributed by atoms with van der Waals surface area (Å²) >= 11 is -1.10. The number of hydrogen-bond acceptors (Lipinski definition) is 4. The molecule has 0 bridgehead atoms. The molecule has 10 heavy (non-hydrogen) atoms. The molecule has 0 fully saturated rings. The average Bonchev–Trinajstić information content (AvgIpc) is 1.86. The summed E-state index contributed by atoms with van der Waals surface area (Å²) < 4.78 is 41.3. The summed E-state index contributed by atoms with van der Waals surface area (Å²) in [5.41, 5.74) is 0. The second kappa shape index (κ2) is 3.67. The highest BCUT2D eigenvalue weighted by Gasteiger charge is 2.43. The second-order valence-corrected chi connectivity index (χ2v) is 1.45. The zero-order valence-corrected chi connectivity index (χ0v) is 5.58. The minimum absolute atomic E-state index is 0.739. The van der Waals surface area contributed by atoms with Crippen LogP contribution in [0.5, 0.6) is 0 Å². The Kier molecular flexibility index (Phi) is 3.51. The van der Waals surface area contributed by atoms with Gasteiger partial charge in [0.2, 0.25) is 12.4 Å². The van der Waals surface area contributed by atoms with Gasteiger partial charge in [0.15, 0.2) is 0 Å². The molecule has 0 aromatic carbocycles. The smallest absolute Gasteiger partial charge is 0.463 e. The Hall–Kier alpha value is -0.430. The van der Waals surface area contributed by atoms with Gasteiger partial charge < -0.3 is 4.74 Å². The first-order chi connectivity index (χ1) is 4.54. The third kappa shape index (κ3) is 2.44. The number of carbonyl (C=O) groups is 1. The van der Waals surface area contributed by atoms with Gasteiger partial charge >= 0.3 is 12.1 Å². The molecule has 3 nitrogen and oxygen atoms in total. The average molecular weight is 176 g/mol. The highest BCUT2D eigenvalue weighted by Crippen LogP contribution is 2.23. The molecule has 0 N–H and O–H groups in total. The Balaban J connectivity index is 3.96. The highest BCUT2D eigenvalue weighted by atomic mass is 32.2. The van der Waals surface area contributed by atoms with E-state index in [0.717, 1.165) is 7.11 Å². The normalized spacial score (nSPS) is 11.2. The number of halogens is 3. The lowest BCUT2D eigenvalue weighted by Gasteiger charge is -2.08. The molecule has 0 amide bonds. The maximum absolute atomic E-state index is 11.9. The SMILES string of the molecule is COC(=O)C(F)(F)OSF. The first-order valence-electron chi connectivity index (χ1n) is 1.97. The van der Waals surface area contributed by atoms with E-state index in [1.807, 2.05) is 0 Å². The van der Waals surface area contributed by atoms with Crippen LogP contribution in [0.3, 0.4) is 0 Å². The Morgan fingerprint density at radius 1 is 1.60 bits per heavy atom. The van der Waals surface area contributed by atoms with Gasteiger partial charge in [-0.25, -0.2) is 8.98 Å². The monoisotopic (exact) mass is 176 g/mol. The molecular formula is C3H3F3O3S. The lowest BCUT2D eigenvalue weighted by atomic mass is 10.6. The lowest BCUT2D eigenvalue weighted by Crippen LogP contribution is -2.30. The largest absolute Gasteiger partial charge is 0.468 e. The first-order valence-corrected chi connectivity index (χ1v) is 2.61. The number of hydrogen-bond donors (Lipinski definition) is 0. The van der Waals surface area contributed by atoms with Gasteiger partial charge in [0.1, 0.15) is 0 Å². The predicted molar refractivity (Wildman–Crippen MR) is 26.7 cm³/mol. The van der Waals surface area contributed by atoms with Crippen molar-refractivity contribution in [2.75, 3.05) is 7.11 Å². The summed E-state index contributed by atoms with van der Waals surface area (Å²) in [5, 5.41) is 0. The highest BCUT2D eigenvalue weighted by molar-refractivity contribution is 7.89. The van der Waals surface area contributed by atoms with Gasteiger partial charge in [-0.15, -0.1) is 3.89 Å². The van der Waals surface area contributed by atoms with Crippen molar-refractivity contribution in [3.05, 3.63) is 0 Å². The lowest BCUT2D eigenvalue weighted by molar-refractivity contribution is -0.210. The number of methoxy groups -OCH3 is 1. The minimum atomic E-state index is -4.21. The summed E-state index contributed by atoms with van der Waals surface area (Å²) in [6.45, 7) is 0. The molecule has 0 aromatic rings. The molecule has 0 atom stereocenters. The van der Waals surface area contributed by atoms with Gasteiger partial charge in [-0.05, 0) is 0 Å². The van der Waals surface area contributed by atoms with Crippen LogP contribution in [0.2, 0.25) is 0 Å². The van der Waals surface area contributed by atoms with E-state index in [-0.39, 0.29) is 0 Å². The predicted octanol–water partition coefficient (Wildman–Crippen LogP) is 1.30. The Labute approximate surface area is 59.0 Å². The van der Waals surface area contributed by atoms with E-state index in [4.69, 9.17) is 0 Å². The number of alkyl halides is 2. The number of rotatable bonds is 3. The van der Waals surface area contributed by atoms with Gasteiger partial charge in [0.05, 0.1) is 7.11 Å². The summed E-state index contributed by atoms with van der Waals surface area (Å²) in [6.07, 6.45) is -4.21. The molecule has 0 spiro atoms. The van der Waals surface area contributed by atoms with Crippen LogP contribution in [0.15, 0.2) is 0 Å². The van der Waals surface area contributed by atoms with E-state index in [1.54, 1.807) is 0 Å². The van der Waals surface area contributed by atoms with Gasteiger partial charge in [-0.2, -0.15) is 8.78 Å². The zero-order valence-electron chi connectivity index (χ0n) is 4.77. The molecule has 0 aliphatic carbocycles. The maximum Gasteiger partial charge on any atom is 0.468 e. The molecular weight excluding hydrogens is 173 g/mol. The molecule has 0 heterocycles. The van der Waals surface area contributed by atoms with Crippen LogP contribution in [-0.2, 0) is 13.7 Å². The number of esters is 1. The molecule has 0 radical (unpaired) electrons. The minimum Gasteiger partial charge on any atom is -0.463 e. The Bertz CT molecular complexity index is 128. The Morgan fingerprint density at radius 3 is 2.40 bits per heavy atom. The molecule has 0 aromatic heterocycles. The van der Waals surface area contributed by atoms with Crippen LogP contribution < -0.4 is 0 Å². The molecule has 0 aliphatic heterocycles. The maximum atomic E-state index is 11.9. The number of ether oxygens (including phenoxy) is 1. The van der Waals surface area contributed by atoms with E-state index in [0.29, 0.717) is 0 Å². The van der Waals surface area contributed by atoms with Crippen molar-refractivity contribution in [2.45, 2.75) is 6.11 Å². The van der Waals surface area contributed by atoms with Gasteiger partial charge in [-0.3, -0.25) is 0 Å². The molecule has 7 heteroatoms. The standard InChI is InChI=1S/C3H3F3O3S/c1-8-2(7)3(4,5)9-10-6/h1H3. The van der Waals surface area contributed by atoms with E-state index >= 15 is 0 Å². The van der Waals surface area contributed by atoms with Crippen molar-refractivity contribution in [1.82, 2.24) is 0 Å². The Morgan fingerprint density at radius 2 is 2.10 bits per heavy atom. The van der Waals surface area contributed by atoms with Crippen molar-refractivity contribution in [1.29, 1.82) is 0 Å². The molecule has 0 unspecified atom stereocenters. The van der Waals surface area contributed by atoms with Crippen LogP contribution in [0.25, 0.3) is 0 Å². The van der Waals surface area contributed by atoms with Crippen molar-refractivity contribution < 1.29 is 26.4 Å². The fraction of sp³-hybridized carbons (Fsp3) is 0.667. The zero-order chi connectivity index (χ0) is 8.20. The first kappa shape index (κ1) is 9.57. The number of carbonyl (C=O) groups excluding carboxylic acids is 1. The van der Waals surface area contributed by atoms with Crippen LogP contribution in [0, 0.1) is 0 Å². The van der Waals surface area contributed by atoms with E-state index in [1.165, 1.54) is 0 Å². The fourth-order valence-corrected chi connectivity index (χ4v) is 0.340. The van der Waals surface area contributed by atoms with Crippen molar-refractivity contribution in [3.8, 4) is 0 Å². The molecule has 0 aliphatic rings. The molecule has 0 saturated carbocycles. The van der Waals surface area contributed by atoms with Crippen LogP contribution in [0.4, 0.5) is 12.7 Å².